The second kappa shape index (κ2) is 59.5. The zero-order valence-electron chi connectivity index (χ0n) is 4.29. The largest absolute Gasteiger partial charge is 4.00 e. The molecule has 0 aliphatic carbocycles. The van der Waals surface area contributed by atoms with Crippen LogP contribution in [0.3, 0.4) is 0 Å². The molecule has 0 unspecified atom stereocenters. The summed E-state index contributed by atoms with van der Waals surface area (Å²) < 4.78 is 0. The molecule has 1 nitrogen and oxygen atoms in total. The smallest absolute Gasteiger partial charge is 1.00 e. The molecule has 0 aromatic rings. The van der Waals surface area contributed by atoms with E-state index in [2.05, 4.69) is 0 Å². The molecule has 0 heterocycles. The summed E-state index contributed by atoms with van der Waals surface area (Å²) in [4.78, 5) is 0. The van der Waals surface area contributed by atoms with Gasteiger partial charge < -0.3 is 42.3 Å². The van der Waals surface area contributed by atoms with Gasteiger partial charge >= 0.3 is 43.4 Å². The summed E-state index contributed by atoms with van der Waals surface area (Å²) in [6.45, 7) is 1.93. The van der Waals surface area contributed by atoms with E-state index < -0.39 is 0 Å². The summed E-state index contributed by atoms with van der Waals surface area (Å²) in [5.41, 5.74) is 0. The number of hydrogen-bond acceptors (Lipinski definition) is 1. The van der Waals surface area contributed by atoms with Crippen LogP contribution in [0, 0.1) is 0 Å². The fourth-order valence-corrected chi connectivity index (χ4v) is 0. The zero-order chi connectivity index (χ0) is 2.71. The van der Waals surface area contributed by atoms with E-state index in [0.29, 0.717) is 0 Å². The van der Waals surface area contributed by atoms with Gasteiger partial charge in [-0.3, -0.25) is 0 Å². The summed E-state index contributed by atoms with van der Waals surface area (Å²) in [5, 5.41) is 7.57. The first kappa shape index (κ1) is 48.5. The number of aliphatic hydroxyl groups is 1. The van der Waals surface area contributed by atoms with Crippen molar-refractivity contribution in [1.82, 2.24) is 0 Å². The Hall–Kier alpha value is 2.26. The van der Waals surface area contributed by atoms with E-state index in [1.165, 1.54) is 0 Å². The van der Waals surface area contributed by atoms with Crippen LogP contribution in [0.1, 0.15) is 6.92 Å². The van der Waals surface area contributed by atoms with E-state index in [1.54, 1.807) is 6.92 Å². The molecule has 0 aromatic carbocycles. The van der Waals surface area contributed by atoms with Crippen LogP contribution in [0.5, 0.6) is 0 Å². The molecule has 45 valence electrons. The number of rotatable bonds is 0. The van der Waals surface area contributed by atoms with Crippen molar-refractivity contribution in [3.8, 4) is 0 Å². The maximum atomic E-state index is 7.57. The second-order valence-corrected chi connectivity index (χ2v) is 0.316. The minimum Gasteiger partial charge on any atom is -1.00 e. The second-order valence-electron chi connectivity index (χ2n) is 0.316. The van der Waals surface area contributed by atoms with E-state index in [1.807, 2.05) is 0 Å². The molecule has 0 amide bonds. The Balaban J connectivity index is -0.00000000200. The van der Waals surface area contributed by atoms with Crippen LogP contribution < -0.4 is 37.2 Å². The SMILES string of the molecule is CCO.[Cl-].[Cl-].[Cl-].[Ti+3].[Ti+4]. The van der Waals surface area contributed by atoms with Gasteiger partial charge in [0.1, 0.15) is 0 Å². The number of halogens is 3. The van der Waals surface area contributed by atoms with Crippen molar-refractivity contribution in [1.29, 1.82) is 0 Å². The van der Waals surface area contributed by atoms with Gasteiger partial charge in [-0.15, -0.1) is 0 Å². The Morgan fingerprint density at radius 1 is 1.12 bits per heavy atom. The Labute approximate surface area is 98.4 Å². The molecule has 0 rings (SSSR count). The van der Waals surface area contributed by atoms with Gasteiger partial charge in [-0.05, 0) is 6.92 Å². The Kier molecular flexibility index (Phi) is 360. The first-order chi connectivity index (χ1) is 1.41. The minimum atomic E-state index is 0. The molecular formula is C2H6Cl3OTi2+4. The van der Waals surface area contributed by atoms with Crippen molar-refractivity contribution in [3.05, 3.63) is 0 Å². The van der Waals surface area contributed by atoms with Crippen LogP contribution >= 0.6 is 0 Å². The molecule has 6 heteroatoms. The van der Waals surface area contributed by atoms with Crippen molar-refractivity contribution in [3.63, 3.8) is 0 Å². The molecule has 1 radical (unpaired) electrons. The van der Waals surface area contributed by atoms with Crippen LogP contribution in [0.2, 0.25) is 0 Å². The molecule has 0 saturated heterocycles. The van der Waals surface area contributed by atoms with Crippen molar-refractivity contribution in [2.75, 3.05) is 6.61 Å². The fraction of sp³-hybridized carbons (Fsp3) is 1.00. The molecule has 0 aliphatic rings. The monoisotopic (exact) mass is 247 g/mol. The standard InChI is InChI=1S/C2H6O.3ClH.2Ti/c1-2-3;;;;;/h3H,2H2,1H3;3*1H;;/q;;;;+3;+4/p-3. The average Bonchev–Trinajstić information content (AvgIpc) is 0.918. The van der Waals surface area contributed by atoms with E-state index >= 15 is 0 Å². The molecule has 1 N–H and O–H groups in total. The van der Waals surface area contributed by atoms with Crippen LogP contribution in [0.4, 0.5) is 0 Å². The Bertz CT molecular complexity index is 15.2. The molecule has 0 aliphatic heterocycles. The van der Waals surface area contributed by atoms with E-state index in [0.717, 1.165) is 0 Å². The zero-order valence-corrected chi connectivity index (χ0v) is 9.68. The van der Waals surface area contributed by atoms with Gasteiger partial charge in [0.25, 0.3) is 0 Å². The Morgan fingerprint density at radius 3 is 1.12 bits per heavy atom. The third kappa shape index (κ3) is 85.3. The van der Waals surface area contributed by atoms with Crippen LogP contribution in [0.25, 0.3) is 0 Å². The van der Waals surface area contributed by atoms with Crippen LogP contribution in [-0.4, -0.2) is 11.7 Å². The predicted octanol–water partition coefficient (Wildman–Crippen LogP) is -8.99. The summed E-state index contributed by atoms with van der Waals surface area (Å²) in [6, 6.07) is 0. The van der Waals surface area contributed by atoms with E-state index in [-0.39, 0.29) is 87.3 Å². The summed E-state index contributed by atoms with van der Waals surface area (Å²) in [6.07, 6.45) is 0. The molecule has 8 heavy (non-hydrogen) atoms. The van der Waals surface area contributed by atoms with Gasteiger partial charge in [0.15, 0.2) is 0 Å². The number of hydrogen-bond donors (Lipinski definition) is 1. The van der Waals surface area contributed by atoms with Gasteiger partial charge in [-0.1, -0.05) is 0 Å². The Morgan fingerprint density at radius 2 is 1.12 bits per heavy atom. The van der Waals surface area contributed by atoms with Crippen molar-refractivity contribution < 1.29 is 85.8 Å². The average molecular weight is 248 g/mol. The predicted molar refractivity (Wildman–Crippen MR) is 12.8 cm³/mol. The topological polar surface area (TPSA) is 20.2 Å². The molecule has 0 saturated carbocycles. The quantitative estimate of drug-likeness (QED) is 0.422. The summed E-state index contributed by atoms with van der Waals surface area (Å²) in [5.74, 6) is 0. The van der Waals surface area contributed by atoms with Crippen molar-refractivity contribution >= 4 is 0 Å². The van der Waals surface area contributed by atoms with Crippen molar-refractivity contribution in [2.45, 2.75) is 6.92 Å². The third-order valence-corrected chi connectivity index (χ3v) is 0. The van der Waals surface area contributed by atoms with Crippen molar-refractivity contribution in [2.24, 2.45) is 0 Å². The molecule has 0 bridgehead atoms. The molecule has 0 spiro atoms. The third-order valence-electron chi connectivity index (χ3n) is 0. The van der Waals surface area contributed by atoms with Gasteiger partial charge in [0.2, 0.25) is 0 Å². The number of aliphatic hydroxyl groups excluding tert-OH is 1. The van der Waals surface area contributed by atoms with E-state index in [4.69, 9.17) is 5.11 Å². The maximum Gasteiger partial charge on any atom is 4.00 e. The van der Waals surface area contributed by atoms with Gasteiger partial charge in [-0.25, -0.2) is 0 Å². The van der Waals surface area contributed by atoms with Gasteiger partial charge in [0.05, 0.1) is 0 Å². The molecule has 0 fully saturated rings. The minimum absolute atomic E-state index is 0. The van der Waals surface area contributed by atoms with Gasteiger partial charge in [-0.2, -0.15) is 0 Å². The summed E-state index contributed by atoms with van der Waals surface area (Å²) in [7, 11) is 0. The van der Waals surface area contributed by atoms with Crippen LogP contribution in [-0.2, 0) is 43.4 Å². The fourth-order valence-electron chi connectivity index (χ4n) is 0. The molecule has 0 aromatic heterocycles. The normalized spacial score (nSPS) is 2.25. The van der Waals surface area contributed by atoms with Gasteiger partial charge in [0, 0.05) is 6.61 Å². The molecular weight excluding hydrogens is 242 g/mol. The first-order valence-corrected chi connectivity index (χ1v) is 1.02. The molecule has 0 atom stereocenters. The maximum absolute atomic E-state index is 7.57. The first-order valence-electron chi connectivity index (χ1n) is 1.02. The van der Waals surface area contributed by atoms with Crippen LogP contribution in [0.15, 0.2) is 0 Å². The van der Waals surface area contributed by atoms with E-state index in [9.17, 15) is 0 Å². The summed E-state index contributed by atoms with van der Waals surface area (Å²) >= 11 is 0.